The number of aromatic nitrogens is 2. The molecule has 1 aromatic heterocycles. The fourth-order valence-corrected chi connectivity index (χ4v) is 4.30. The molecule has 0 spiro atoms. The van der Waals surface area contributed by atoms with Crippen LogP contribution in [0.15, 0.2) is 54.9 Å². The van der Waals surface area contributed by atoms with E-state index in [4.69, 9.17) is 14.2 Å². The summed E-state index contributed by atoms with van der Waals surface area (Å²) < 4.78 is 16.0. The van der Waals surface area contributed by atoms with E-state index in [2.05, 4.69) is 31.6 Å². The van der Waals surface area contributed by atoms with Crippen molar-refractivity contribution < 1.29 is 23.8 Å². The minimum atomic E-state index is -0.385. The van der Waals surface area contributed by atoms with Crippen LogP contribution in [-0.4, -0.2) is 59.7 Å². The van der Waals surface area contributed by atoms with Crippen LogP contribution in [0.1, 0.15) is 39.3 Å². The van der Waals surface area contributed by atoms with Gasteiger partial charge in [-0.1, -0.05) is 6.07 Å². The molecule has 0 saturated carbocycles. The van der Waals surface area contributed by atoms with E-state index in [9.17, 15) is 9.59 Å². The Labute approximate surface area is 208 Å². The molecule has 10 nitrogen and oxygen atoms in total. The molecule has 2 aromatic carbocycles. The molecule has 10 heteroatoms. The third-order valence-electron chi connectivity index (χ3n) is 6.26. The van der Waals surface area contributed by atoms with Crippen LogP contribution in [0.2, 0.25) is 0 Å². The molecule has 1 saturated heterocycles. The molecule has 2 amide bonds. The predicted octanol–water partition coefficient (Wildman–Crippen LogP) is 2.86. The molecule has 1 fully saturated rings. The Morgan fingerprint density at radius 1 is 1.00 bits per heavy atom. The van der Waals surface area contributed by atoms with Gasteiger partial charge in [-0.15, -0.1) is 0 Å². The van der Waals surface area contributed by atoms with Crippen LogP contribution in [0.25, 0.3) is 0 Å². The van der Waals surface area contributed by atoms with E-state index in [1.807, 2.05) is 12.1 Å². The molecule has 2 aliphatic heterocycles. The summed E-state index contributed by atoms with van der Waals surface area (Å²) >= 11 is 0. The molecule has 0 aliphatic carbocycles. The number of fused-ring (bicyclic) bond motifs is 1. The summed E-state index contributed by atoms with van der Waals surface area (Å²) in [4.78, 5) is 36.3. The molecular formula is C26H27N5O5. The highest BCUT2D eigenvalue weighted by molar-refractivity contribution is 6.07. The van der Waals surface area contributed by atoms with Gasteiger partial charge in [0.1, 0.15) is 5.75 Å². The van der Waals surface area contributed by atoms with Gasteiger partial charge < -0.3 is 24.8 Å². The van der Waals surface area contributed by atoms with Crippen molar-refractivity contribution in [1.82, 2.24) is 20.2 Å². The van der Waals surface area contributed by atoms with Crippen LogP contribution in [0, 0.1) is 0 Å². The summed E-state index contributed by atoms with van der Waals surface area (Å²) in [5.74, 6) is 1.59. The number of likely N-dealkylation sites (tertiary alicyclic amines) is 1. The zero-order chi connectivity index (χ0) is 24.9. The zero-order valence-corrected chi connectivity index (χ0v) is 19.9. The van der Waals surface area contributed by atoms with Crippen molar-refractivity contribution in [1.29, 1.82) is 0 Å². The van der Waals surface area contributed by atoms with Gasteiger partial charge >= 0.3 is 0 Å². The molecular weight excluding hydrogens is 462 g/mol. The van der Waals surface area contributed by atoms with Crippen molar-refractivity contribution in [3.05, 3.63) is 71.7 Å². The molecule has 0 bridgehead atoms. The molecule has 0 unspecified atom stereocenters. The Kier molecular flexibility index (Phi) is 6.94. The SMILES string of the molecule is COc1ccc(C(=O)Nc2nccnc2C(=O)NC2CCN(Cc3ccc4c(c3)OCO4)CC2)cc1. The third-order valence-corrected chi connectivity index (χ3v) is 6.26. The minimum absolute atomic E-state index is 0.0117. The number of carbonyl (C=O) groups excluding carboxylic acids is 2. The summed E-state index contributed by atoms with van der Waals surface area (Å²) in [6.07, 6.45) is 4.50. The van der Waals surface area contributed by atoms with Crippen LogP contribution in [0.3, 0.4) is 0 Å². The lowest BCUT2D eigenvalue weighted by molar-refractivity contribution is 0.0904. The molecule has 2 N–H and O–H groups in total. The summed E-state index contributed by atoms with van der Waals surface area (Å²) in [6.45, 7) is 2.77. The first kappa shape index (κ1) is 23.6. The smallest absolute Gasteiger partial charge is 0.273 e. The second-order valence-electron chi connectivity index (χ2n) is 8.65. The maximum absolute atomic E-state index is 13.0. The molecule has 0 atom stereocenters. The van der Waals surface area contributed by atoms with Gasteiger partial charge in [0, 0.05) is 43.6 Å². The number of methoxy groups -OCH3 is 1. The average molecular weight is 490 g/mol. The van der Waals surface area contributed by atoms with Crippen LogP contribution in [0.5, 0.6) is 17.2 Å². The Morgan fingerprint density at radius 3 is 2.53 bits per heavy atom. The standard InChI is InChI=1S/C26H27N5O5/c1-34-20-5-3-18(4-6-20)25(32)30-24-23(27-10-11-28-24)26(33)29-19-8-12-31(13-9-19)15-17-2-7-21-22(14-17)36-16-35-21/h2-7,10-11,14,19H,8-9,12-13,15-16H2,1H3,(H,29,33)(H,28,30,32). The topological polar surface area (TPSA) is 115 Å². The summed E-state index contributed by atoms with van der Waals surface area (Å²) in [5, 5.41) is 5.74. The van der Waals surface area contributed by atoms with Gasteiger partial charge in [0.25, 0.3) is 11.8 Å². The number of piperidine rings is 1. The normalized spacial score (nSPS) is 15.4. The Hall–Kier alpha value is -4.18. The van der Waals surface area contributed by atoms with E-state index >= 15 is 0 Å². The van der Waals surface area contributed by atoms with Crippen molar-refractivity contribution in [3.63, 3.8) is 0 Å². The number of nitrogens with one attached hydrogen (secondary N) is 2. The van der Waals surface area contributed by atoms with Crippen molar-refractivity contribution in [2.75, 3.05) is 32.3 Å². The van der Waals surface area contributed by atoms with Gasteiger partial charge in [-0.05, 0) is 54.8 Å². The lowest BCUT2D eigenvalue weighted by Crippen LogP contribution is -2.44. The monoisotopic (exact) mass is 489 g/mol. The van der Waals surface area contributed by atoms with Crippen LogP contribution >= 0.6 is 0 Å². The maximum atomic E-state index is 13.0. The Bertz CT molecular complexity index is 1240. The molecule has 3 aromatic rings. The largest absolute Gasteiger partial charge is 0.497 e. The average Bonchev–Trinajstić information content (AvgIpc) is 3.38. The van der Waals surface area contributed by atoms with E-state index in [1.165, 1.54) is 18.0 Å². The Balaban J connectivity index is 1.15. The van der Waals surface area contributed by atoms with Crippen LogP contribution in [-0.2, 0) is 6.54 Å². The van der Waals surface area contributed by atoms with Gasteiger partial charge in [0.15, 0.2) is 23.0 Å². The lowest BCUT2D eigenvalue weighted by Gasteiger charge is -2.32. The molecule has 0 radical (unpaired) electrons. The van der Waals surface area contributed by atoms with Gasteiger partial charge in [-0.2, -0.15) is 0 Å². The fourth-order valence-electron chi connectivity index (χ4n) is 4.30. The lowest BCUT2D eigenvalue weighted by atomic mass is 10.0. The molecule has 3 heterocycles. The van der Waals surface area contributed by atoms with Gasteiger partial charge in [0.2, 0.25) is 6.79 Å². The van der Waals surface area contributed by atoms with E-state index in [0.717, 1.165) is 44.0 Å². The van der Waals surface area contributed by atoms with Crippen molar-refractivity contribution in [3.8, 4) is 17.2 Å². The van der Waals surface area contributed by atoms with Crippen LogP contribution < -0.4 is 24.8 Å². The fraction of sp³-hybridized carbons (Fsp3) is 0.308. The van der Waals surface area contributed by atoms with E-state index in [1.54, 1.807) is 31.4 Å². The molecule has 36 heavy (non-hydrogen) atoms. The molecule has 5 rings (SSSR count). The first-order valence-corrected chi connectivity index (χ1v) is 11.8. The quantitative estimate of drug-likeness (QED) is 0.521. The number of hydrogen-bond donors (Lipinski definition) is 2. The van der Waals surface area contributed by atoms with Gasteiger partial charge in [-0.3, -0.25) is 14.5 Å². The van der Waals surface area contributed by atoms with Crippen LogP contribution in [0.4, 0.5) is 5.82 Å². The van der Waals surface area contributed by atoms with E-state index < -0.39 is 0 Å². The third kappa shape index (κ3) is 5.38. The number of carbonyl (C=O) groups is 2. The van der Waals surface area contributed by atoms with E-state index in [-0.39, 0.29) is 36.2 Å². The second-order valence-corrected chi connectivity index (χ2v) is 8.65. The number of amides is 2. The molecule has 2 aliphatic rings. The first-order chi connectivity index (χ1) is 17.6. The number of benzene rings is 2. The highest BCUT2D eigenvalue weighted by Gasteiger charge is 2.24. The minimum Gasteiger partial charge on any atom is -0.497 e. The number of ether oxygens (including phenoxy) is 3. The molecule has 186 valence electrons. The van der Waals surface area contributed by atoms with Crippen molar-refractivity contribution in [2.24, 2.45) is 0 Å². The van der Waals surface area contributed by atoms with Gasteiger partial charge in [-0.25, -0.2) is 9.97 Å². The summed E-state index contributed by atoms with van der Waals surface area (Å²) in [5.41, 5.74) is 1.67. The number of anilines is 1. The maximum Gasteiger partial charge on any atom is 0.273 e. The highest BCUT2D eigenvalue weighted by atomic mass is 16.7. The highest BCUT2D eigenvalue weighted by Crippen LogP contribution is 2.33. The van der Waals surface area contributed by atoms with E-state index in [0.29, 0.717) is 11.3 Å². The predicted molar refractivity (Wildman–Crippen MR) is 131 cm³/mol. The van der Waals surface area contributed by atoms with Crippen molar-refractivity contribution in [2.45, 2.75) is 25.4 Å². The summed E-state index contributed by atoms with van der Waals surface area (Å²) in [7, 11) is 1.56. The Morgan fingerprint density at radius 2 is 1.75 bits per heavy atom. The number of hydrogen-bond acceptors (Lipinski definition) is 8. The number of rotatable bonds is 7. The summed E-state index contributed by atoms with van der Waals surface area (Å²) in [6, 6.07) is 12.7. The van der Waals surface area contributed by atoms with Crippen molar-refractivity contribution >= 4 is 17.6 Å². The second kappa shape index (κ2) is 10.6. The van der Waals surface area contributed by atoms with Gasteiger partial charge in [0.05, 0.1) is 7.11 Å². The first-order valence-electron chi connectivity index (χ1n) is 11.8. The zero-order valence-electron chi connectivity index (χ0n) is 19.9. The number of nitrogens with zero attached hydrogens (tertiary/aromatic N) is 3.